The predicted molar refractivity (Wildman–Crippen MR) is 102 cm³/mol. The molecule has 0 saturated heterocycles. The van der Waals surface area contributed by atoms with Gasteiger partial charge in [0.05, 0.1) is 16.8 Å². The number of benzene rings is 2. The summed E-state index contributed by atoms with van der Waals surface area (Å²) in [6.45, 7) is 3.84. The highest BCUT2D eigenvalue weighted by molar-refractivity contribution is 7.16. The summed E-state index contributed by atoms with van der Waals surface area (Å²) in [4.78, 5) is 17.6. The first-order chi connectivity index (χ1) is 12.8. The van der Waals surface area contributed by atoms with Gasteiger partial charge in [0, 0.05) is 18.5 Å². The second kappa shape index (κ2) is 7.27. The van der Waals surface area contributed by atoms with Crippen LogP contribution in [0, 0.1) is 0 Å². The summed E-state index contributed by atoms with van der Waals surface area (Å²) in [5.74, 6) is -0.127. The molecule has 26 heavy (non-hydrogen) atoms. The maximum atomic E-state index is 12.6. The van der Waals surface area contributed by atoms with Crippen molar-refractivity contribution in [3.63, 3.8) is 0 Å². The molecule has 0 bridgehead atoms. The van der Waals surface area contributed by atoms with Crippen molar-refractivity contribution in [3.8, 4) is 0 Å². The lowest BCUT2D eigenvalue weighted by molar-refractivity contribution is 0.0972. The lowest BCUT2D eigenvalue weighted by atomic mass is 10.2. The number of aromatic nitrogens is 1. The highest BCUT2D eigenvalue weighted by atomic mass is 32.1. The highest BCUT2D eigenvalue weighted by Gasteiger charge is 2.13. The van der Waals surface area contributed by atoms with Crippen molar-refractivity contribution in [1.82, 2.24) is 4.57 Å². The fourth-order valence-electron chi connectivity index (χ4n) is 2.85. The summed E-state index contributed by atoms with van der Waals surface area (Å²) < 4.78 is 14.2. The Balaban J connectivity index is 1.76. The molecule has 5 nitrogen and oxygen atoms in total. The van der Waals surface area contributed by atoms with E-state index in [1.807, 2.05) is 60.0 Å². The molecule has 0 spiro atoms. The van der Waals surface area contributed by atoms with E-state index in [2.05, 4.69) is 4.99 Å². The zero-order valence-corrected chi connectivity index (χ0v) is 15.2. The summed E-state index contributed by atoms with van der Waals surface area (Å²) in [7, 11) is 0. The van der Waals surface area contributed by atoms with Gasteiger partial charge in [-0.2, -0.15) is 4.99 Å². The summed E-state index contributed by atoms with van der Waals surface area (Å²) in [5, 5.41) is 0.895. The van der Waals surface area contributed by atoms with Gasteiger partial charge in [-0.1, -0.05) is 41.7 Å². The lowest BCUT2D eigenvalue weighted by Crippen LogP contribution is -2.19. The topological polar surface area (TPSA) is 56.7 Å². The van der Waals surface area contributed by atoms with Gasteiger partial charge in [-0.05, 0) is 31.2 Å². The highest BCUT2D eigenvalue weighted by Crippen LogP contribution is 2.20. The molecule has 0 N–H and O–H groups in total. The van der Waals surface area contributed by atoms with Crippen LogP contribution in [0.5, 0.6) is 0 Å². The summed E-state index contributed by atoms with van der Waals surface area (Å²) in [6, 6.07) is 17.3. The number of ether oxygens (including phenoxy) is 1. The van der Waals surface area contributed by atoms with Crippen LogP contribution in [-0.2, 0) is 11.3 Å². The number of thiazole rings is 1. The number of hydrogen-bond donors (Lipinski definition) is 0. The predicted octanol–water partition coefficient (Wildman–Crippen LogP) is 4.23. The molecule has 0 aliphatic rings. The molecule has 0 atom stereocenters. The van der Waals surface area contributed by atoms with E-state index in [4.69, 9.17) is 9.15 Å². The van der Waals surface area contributed by atoms with E-state index in [-0.39, 0.29) is 11.7 Å². The lowest BCUT2D eigenvalue weighted by Gasteiger charge is -2.05. The molecule has 4 rings (SSSR count). The quantitative estimate of drug-likeness (QED) is 0.497. The molecule has 4 aromatic rings. The van der Waals surface area contributed by atoms with Crippen molar-refractivity contribution in [3.05, 3.63) is 65.2 Å². The average Bonchev–Trinajstić information content (AvgIpc) is 3.24. The maximum absolute atomic E-state index is 12.6. The minimum Gasteiger partial charge on any atom is -0.451 e. The van der Waals surface area contributed by atoms with E-state index in [0.717, 1.165) is 15.6 Å². The summed E-state index contributed by atoms with van der Waals surface area (Å²) in [5.41, 5.74) is 1.74. The smallest absolute Gasteiger partial charge is 0.315 e. The van der Waals surface area contributed by atoms with E-state index >= 15 is 0 Å². The molecule has 6 heteroatoms. The molecule has 0 aliphatic heterocycles. The summed E-state index contributed by atoms with van der Waals surface area (Å²) >= 11 is 1.49. The molecule has 2 heterocycles. The first-order valence-electron chi connectivity index (χ1n) is 8.50. The van der Waals surface area contributed by atoms with E-state index in [1.54, 1.807) is 6.07 Å². The Morgan fingerprint density at radius 1 is 1.19 bits per heavy atom. The number of furan rings is 1. The van der Waals surface area contributed by atoms with Crippen LogP contribution in [0.4, 0.5) is 0 Å². The van der Waals surface area contributed by atoms with Crippen molar-refractivity contribution in [2.75, 3.05) is 13.2 Å². The van der Waals surface area contributed by atoms with Crippen LogP contribution in [0.3, 0.4) is 0 Å². The first-order valence-corrected chi connectivity index (χ1v) is 9.31. The maximum Gasteiger partial charge on any atom is 0.315 e. The Kier molecular flexibility index (Phi) is 4.69. The third-order valence-electron chi connectivity index (χ3n) is 4.09. The first kappa shape index (κ1) is 16.8. The molecule has 0 aliphatic carbocycles. The molecule has 0 unspecified atom stereocenters. The van der Waals surface area contributed by atoms with Gasteiger partial charge in [-0.25, -0.2) is 0 Å². The van der Waals surface area contributed by atoms with Crippen LogP contribution >= 0.6 is 11.3 Å². The minimum absolute atomic E-state index is 0.250. The minimum atomic E-state index is -0.377. The second-order valence-electron chi connectivity index (χ2n) is 5.77. The van der Waals surface area contributed by atoms with Crippen molar-refractivity contribution in [2.24, 2.45) is 4.99 Å². The molecule has 0 fully saturated rings. The number of fused-ring (bicyclic) bond motifs is 2. The number of carbonyl (C=O) groups excluding carboxylic acids is 1. The zero-order valence-electron chi connectivity index (χ0n) is 14.3. The normalized spacial score (nSPS) is 12.3. The third kappa shape index (κ3) is 3.21. The Hall–Kier alpha value is -2.70. The average molecular weight is 366 g/mol. The van der Waals surface area contributed by atoms with E-state index in [1.165, 1.54) is 11.3 Å². The largest absolute Gasteiger partial charge is 0.451 e. The molecule has 2 aromatic carbocycles. The van der Waals surface area contributed by atoms with E-state index < -0.39 is 0 Å². The van der Waals surface area contributed by atoms with Gasteiger partial charge in [0.1, 0.15) is 5.58 Å². The standard InChI is InChI=1S/C20H18N2O3S/c1-2-24-12-11-22-15-8-4-6-10-18(15)26-20(22)21-19(23)17-13-14-7-3-5-9-16(14)25-17/h3-10,13H,2,11-12H2,1H3. The van der Waals surface area contributed by atoms with Gasteiger partial charge in [0.15, 0.2) is 10.6 Å². The molecular weight excluding hydrogens is 348 g/mol. The van der Waals surface area contributed by atoms with Crippen LogP contribution in [0.1, 0.15) is 17.5 Å². The fraction of sp³-hybridized carbons (Fsp3) is 0.200. The third-order valence-corrected chi connectivity index (χ3v) is 5.14. The van der Waals surface area contributed by atoms with Crippen molar-refractivity contribution >= 4 is 38.4 Å². The van der Waals surface area contributed by atoms with Gasteiger partial charge in [-0.15, -0.1) is 0 Å². The Labute approximate surface area is 154 Å². The SMILES string of the molecule is CCOCCn1c(=NC(=O)c2cc3ccccc3o2)sc2ccccc21. The Morgan fingerprint density at radius 3 is 2.85 bits per heavy atom. The van der Waals surface area contributed by atoms with Crippen LogP contribution in [0.2, 0.25) is 0 Å². The number of amides is 1. The zero-order chi connectivity index (χ0) is 17.9. The van der Waals surface area contributed by atoms with Crippen LogP contribution in [0.15, 0.2) is 64.0 Å². The fourth-order valence-corrected chi connectivity index (χ4v) is 3.91. The molecule has 2 aromatic heterocycles. The van der Waals surface area contributed by atoms with E-state index in [9.17, 15) is 4.79 Å². The van der Waals surface area contributed by atoms with E-state index in [0.29, 0.717) is 30.1 Å². The number of rotatable bonds is 5. The van der Waals surface area contributed by atoms with Crippen molar-refractivity contribution in [2.45, 2.75) is 13.5 Å². The molecule has 1 amide bonds. The Bertz CT molecular complexity index is 1100. The summed E-state index contributed by atoms with van der Waals surface area (Å²) in [6.07, 6.45) is 0. The van der Waals surface area contributed by atoms with Gasteiger partial charge < -0.3 is 13.7 Å². The molecule has 0 radical (unpaired) electrons. The van der Waals surface area contributed by atoms with Crippen LogP contribution in [0.25, 0.3) is 21.2 Å². The van der Waals surface area contributed by atoms with Gasteiger partial charge >= 0.3 is 5.91 Å². The van der Waals surface area contributed by atoms with Crippen LogP contribution in [-0.4, -0.2) is 23.7 Å². The van der Waals surface area contributed by atoms with Crippen molar-refractivity contribution < 1.29 is 13.9 Å². The number of carbonyl (C=O) groups is 1. The molecular formula is C20H18N2O3S. The number of para-hydroxylation sites is 2. The number of nitrogens with zero attached hydrogens (tertiary/aromatic N) is 2. The molecule has 0 saturated carbocycles. The van der Waals surface area contributed by atoms with Crippen molar-refractivity contribution in [1.29, 1.82) is 0 Å². The van der Waals surface area contributed by atoms with Gasteiger partial charge in [0.25, 0.3) is 0 Å². The van der Waals surface area contributed by atoms with Gasteiger partial charge in [0.2, 0.25) is 0 Å². The number of hydrogen-bond acceptors (Lipinski definition) is 4. The molecule has 132 valence electrons. The van der Waals surface area contributed by atoms with Crippen LogP contribution < -0.4 is 4.80 Å². The second-order valence-corrected chi connectivity index (χ2v) is 6.78. The Morgan fingerprint density at radius 2 is 2.00 bits per heavy atom. The monoisotopic (exact) mass is 366 g/mol. The van der Waals surface area contributed by atoms with Gasteiger partial charge in [-0.3, -0.25) is 4.79 Å².